The van der Waals surface area contributed by atoms with Gasteiger partial charge in [0.05, 0.1) is 0 Å². The van der Waals surface area contributed by atoms with Crippen molar-refractivity contribution < 1.29 is 0 Å². The SMILES string of the molecule is O=c1[nH]ccnc1N1CCCN(CCBr)CC1. The molecule has 1 aromatic heterocycles. The van der Waals surface area contributed by atoms with Gasteiger partial charge in [-0.05, 0) is 13.0 Å². The number of alkyl halides is 1. The second kappa shape index (κ2) is 6.16. The minimum absolute atomic E-state index is 0.0959. The number of H-pyrrole nitrogens is 1. The highest BCUT2D eigenvalue weighted by molar-refractivity contribution is 9.09. The molecule has 1 aliphatic heterocycles. The van der Waals surface area contributed by atoms with E-state index >= 15 is 0 Å². The largest absolute Gasteiger partial charge is 0.351 e. The van der Waals surface area contributed by atoms with Crippen LogP contribution in [0.15, 0.2) is 17.2 Å². The van der Waals surface area contributed by atoms with Gasteiger partial charge in [-0.25, -0.2) is 4.98 Å². The predicted molar refractivity (Wildman–Crippen MR) is 71.9 cm³/mol. The molecule has 94 valence electrons. The molecule has 0 unspecified atom stereocenters. The van der Waals surface area contributed by atoms with Crippen molar-refractivity contribution in [3.8, 4) is 0 Å². The molecule has 2 heterocycles. The molecule has 0 amide bonds. The zero-order chi connectivity index (χ0) is 12.1. The summed E-state index contributed by atoms with van der Waals surface area (Å²) in [5.41, 5.74) is -0.0959. The minimum atomic E-state index is -0.0959. The van der Waals surface area contributed by atoms with E-state index in [0.717, 1.165) is 44.5 Å². The van der Waals surface area contributed by atoms with Gasteiger partial charge in [-0.1, -0.05) is 15.9 Å². The van der Waals surface area contributed by atoms with Crippen LogP contribution in [0.5, 0.6) is 0 Å². The summed E-state index contributed by atoms with van der Waals surface area (Å²) in [7, 11) is 0. The van der Waals surface area contributed by atoms with Crippen molar-refractivity contribution in [2.24, 2.45) is 0 Å². The zero-order valence-electron chi connectivity index (χ0n) is 9.73. The van der Waals surface area contributed by atoms with Crippen molar-refractivity contribution >= 4 is 21.7 Å². The molecule has 1 N–H and O–H groups in total. The highest BCUT2D eigenvalue weighted by Gasteiger charge is 2.17. The minimum Gasteiger partial charge on any atom is -0.351 e. The standard InChI is InChI=1S/C11H17BrN4O/c12-2-7-15-5-1-6-16(9-8-15)10-11(17)14-4-3-13-10/h3-4H,1-2,5-9H2,(H,14,17). The van der Waals surface area contributed by atoms with Crippen LogP contribution in [0.1, 0.15) is 6.42 Å². The molecule has 1 saturated heterocycles. The first-order valence-electron chi connectivity index (χ1n) is 5.88. The Morgan fingerprint density at radius 3 is 3.00 bits per heavy atom. The molecule has 2 rings (SSSR count). The second-order valence-electron chi connectivity index (χ2n) is 4.11. The van der Waals surface area contributed by atoms with Crippen LogP contribution in [0.3, 0.4) is 0 Å². The topological polar surface area (TPSA) is 52.2 Å². The molecule has 0 radical (unpaired) electrons. The Balaban J connectivity index is 2.04. The average Bonchev–Trinajstić information content (AvgIpc) is 2.56. The Morgan fingerprint density at radius 2 is 2.24 bits per heavy atom. The molecule has 0 aromatic carbocycles. The number of nitrogens with zero attached hydrogens (tertiary/aromatic N) is 3. The monoisotopic (exact) mass is 300 g/mol. The number of aromatic amines is 1. The zero-order valence-corrected chi connectivity index (χ0v) is 11.3. The Morgan fingerprint density at radius 1 is 1.35 bits per heavy atom. The summed E-state index contributed by atoms with van der Waals surface area (Å²) >= 11 is 3.46. The van der Waals surface area contributed by atoms with E-state index < -0.39 is 0 Å². The Labute approximate surface area is 109 Å². The van der Waals surface area contributed by atoms with Gasteiger partial charge in [0.1, 0.15) is 0 Å². The number of hydrogen-bond donors (Lipinski definition) is 1. The molecule has 0 bridgehead atoms. The van der Waals surface area contributed by atoms with Crippen LogP contribution in [0.25, 0.3) is 0 Å². The predicted octanol–water partition coefficient (Wildman–Crippen LogP) is 0.677. The molecule has 1 aromatic rings. The third-order valence-corrected chi connectivity index (χ3v) is 3.33. The molecular weight excluding hydrogens is 284 g/mol. The highest BCUT2D eigenvalue weighted by atomic mass is 79.9. The van der Waals surface area contributed by atoms with E-state index in [1.807, 2.05) is 0 Å². The Kier molecular flexibility index (Phi) is 4.56. The lowest BCUT2D eigenvalue weighted by Gasteiger charge is -2.21. The molecule has 1 fully saturated rings. The van der Waals surface area contributed by atoms with Crippen molar-refractivity contribution in [2.75, 3.05) is 43.0 Å². The maximum atomic E-state index is 11.7. The van der Waals surface area contributed by atoms with Crippen molar-refractivity contribution in [2.45, 2.75) is 6.42 Å². The van der Waals surface area contributed by atoms with Crippen LogP contribution in [0.2, 0.25) is 0 Å². The lowest BCUT2D eigenvalue weighted by atomic mass is 10.4. The number of halogens is 1. The number of aromatic nitrogens is 2. The van der Waals surface area contributed by atoms with Crippen molar-refractivity contribution in [1.82, 2.24) is 14.9 Å². The van der Waals surface area contributed by atoms with Crippen LogP contribution in [0.4, 0.5) is 5.82 Å². The number of nitrogens with one attached hydrogen (secondary N) is 1. The molecule has 6 heteroatoms. The fourth-order valence-electron chi connectivity index (χ4n) is 2.10. The summed E-state index contributed by atoms with van der Waals surface area (Å²) in [6, 6.07) is 0. The third kappa shape index (κ3) is 3.29. The van der Waals surface area contributed by atoms with Gasteiger partial charge in [-0.3, -0.25) is 4.79 Å². The van der Waals surface area contributed by atoms with E-state index in [1.165, 1.54) is 0 Å². The van der Waals surface area contributed by atoms with Gasteiger partial charge in [0.25, 0.3) is 5.56 Å². The fourth-order valence-corrected chi connectivity index (χ4v) is 2.60. The van der Waals surface area contributed by atoms with E-state index in [0.29, 0.717) is 5.82 Å². The lowest BCUT2D eigenvalue weighted by molar-refractivity contribution is 0.313. The van der Waals surface area contributed by atoms with E-state index in [1.54, 1.807) is 12.4 Å². The van der Waals surface area contributed by atoms with Gasteiger partial charge >= 0.3 is 0 Å². The van der Waals surface area contributed by atoms with Crippen LogP contribution in [-0.2, 0) is 0 Å². The maximum Gasteiger partial charge on any atom is 0.290 e. The van der Waals surface area contributed by atoms with Gasteiger partial charge in [-0.15, -0.1) is 0 Å². The van der Waals surface area contributed by atoms with Crippen molar-refractivity contribution in [3.63, 3.8) is 0 Å². The van der Waals surface area contributed by atoms with E-state index in [2.05, 4.69) is 35.7 Å². The van der Waals surface area contributed by atoms with E-state index in [4.69, 9.17) is 0 Å². The summed E-state index contributed by atoms with van der Waals surface area (Å²) < 4.78 is 0. The summed E-state index contributed by atoms with van der Waals surface area (Å²) in [6.07, 6.45) is 4.28. The van der Waals surface area contributed by atoms with Crippen LogP contribution in [-0.4, -0.2) is 52.9 Å². The Bertz CT molecular complexity index is 408. The van der Waals surface area contributed by atoms with Gasteiger partial charge in [0.15, 0.2) is 5.82 Å². The second-order valence-corrected chi connectivity index (χ2v) is 4.91. The van der Waals surface area contributed by atoms with Crippen LogP contribution in [0, 0.1) is 0 Å². The average molecular weight is 301 g/mol. The molecule has 0 aliphatic carbocycles. The molecular formula is C11H17BrN4O. The molecule has 17 heavy (non-hydrogen) atoms. The summed E-state index contributed by atoms with van der Waals surface area (Å²) in [6.45, 7) is 4.91. The fraction of sp³-hybridized carbons (Fsp3) is 0.636. The molecule has 0 saturated carbocycles. The quantitative estimate of drug-likeness (QED) is 0.834. The third-order valence-electron chi connectivity index (χ3n) is 2.98. The summed E-state index contributed by atoms with van der Waals surface area (Å²) in [4.78, 5) is 23.0. The summed E-state index contributed by atoms with van der Waals surface area (Å²) in [5.74, 6) is 0.549. The first-order valence-corrected chi connectivity index (χ1v) is 7.00. The molecule has 1 aliphatic rings. The van der Waals surface area contributed by atoms with Crippen LogP contribution >= 0.6 is 15.9 Å². The van der Waals surface area contributed by atoms with Crippen molar-refractivity contribution in [1.29, 1.82) is 0 Å². The van der Waals surface area contributed by atoms with Gasteiger partial charge < -0.3 is 14.8 Å². The number of hydrogen-bond acceptors (Lipinski definition) is 4. The summed E-state index contributed by atoms with van der Waals surface area (Å²) in [5, 5.41) is 0.997. The van der Waals surface area contributed by atoms with E-state index in [9.17, 15) is 4.79 Å². The number of rotatable bonds is 3. The Hall–Kier alpha value is -0.880. The molecule has 0 spiro atoms. The first-order chi connectivity index (χ1) is 8.31. The van der Waals surface area contributed by atoms with E-state index in [-0.39, 0.29) is 5.56 Å². The number of anilines is 1. The lowest BCUT2D eigenvalue weighted by Crippen LogP contribution is -2.34. The maximum absolute atomic E-state index is 11.7. The molecule has 0 atom stereocenters. The van der Waals surface area contributed by atoms with Gasteiger partial charge in [0, 0.05) is 43.9 Å². The van der Waals surface area contributed by atoms with Gasteiger partial charge in [0.2, 0.25) is 0 Å². The van der Waals surface area contributed by atoms with Crippen molar-refractivity contribution in [3.05, 3.63) is 22.7 Å². The first kappa shape index (κ1) is 12.6. The highest BCUT2D eigenvalue weighted by Crippen LogP contribution is 2.08. The van der Waals surface area contributed by atoms with Crippen LogP contribution < -0.4 is 10.5 Å². The normalized spacial score (nSPS) is 18.1. The van der Waals surface area contributed by atoms with Gasteiger partial charge in [-0.2, -0.15) is 0 Å². The smallest absolute Gasteiger partial charge is 0.290 e. The molecule has 5 nitrogen and oxygen atoms in total.